The zero-order valence-electron chi connectivity index (χ0n) is 16.5. The molecule has 0 atom stereocenters. The summed E-state index contributed by atoms with van der Waals surface area (Å²) in [7, 11) is 0. The number of Topliss-reactive ketones (excluding diaryl/α,β-unsaturated/α-hetero) is 1. The fourth-order valence-electron chi connectivity index (χ4n) is 3.37. The zero-order valence-corrected chi connectivity index (χ0v) is 18.1. The van der Waals surface area contributed by atoms with Crippen LogP contribution in [0.15, 0.2) is 61.2 Å². The van der Waals surface area contributed by atoms with E-state index in [-0.39, 0.29) is 28.2 Å². The van der Waals surface area contributed by atoms with Crippen LogP contribution in [0.2, 0.25) is 0 Å². The number of para-hydroxylation sites is 2. The molecule has 0 aliphatic heterocycles. The van der Waals surface area contributed by atoms with E-state index in [0.29, 0.717) is 6.54 Å². The maximum absolute atomic E-state index is 12.9. The van der Waals surface area contributed by atoms with Crippen molar-refractivity contribution in [1.82, 2.24) is 4.57 Å². The van der Waals surface area contributed by atoms with E-state index in [1.807, 2.05) is 30.3 Å². The lowest BCUT2D eigenvalue weighted by Crippen LogP contribution is -3.00. The molecule has 0 saturated heterocycles. The Kier molecular flexibility index (Phi) is 6.42. The third-order valence-corrected chi connectivity index (χ3v) is 4.93. The second kappa shape index (κ2) is 8.22. The molecule has 2 aromatic carbocycles. The van der Waals surface area contributed by atoms with E-state index in [4.69, 9.17) is 0 Å². The Morgan fingerprint density at radius 3 is 2.33 bits per heavy atom. The lowest BCUT2D eigenvalue weighted by Gasteiger charge is -2.18. The maximum atomic E-state index is 12.9. The van der Waals surface area contributed by atoms with Crippen molar-refractivity contribution in [3.05, 3.63) is 78.1 Å². The first-order chi connectivity index (χ1) is 12.3. The average Bonchev–Trinajstić information content (AvgIpc) is 2.87. The van der Waals surface area contributed by atoms with Crippen LogP contribution in [0.25, 0.3) is 11.0 Å². The molecule has 3 nitrogen and oxygen atoms in total. The van der Waals surface area contributed by atoms with Crippen LogP contribution in [0.1, 0.15) is 42.5 Å². The Bertz CT molecular complexity index is 962. The van der Waals surface area contributed by atoms with Gasteiger partial charge in [-0.05, 0) is 23.1 Å². The van der Waals surface area contributed by atoms with Crippen LogP contribution >= 0.6 is 0 Å². The number of allylic oxidation sites excluding steroid dienone is 1. The standard InChI is InChI=1S/C23H27N2O.BrH/c1-6-15-24-17(2)25(21-10-8-7-9-20(21)24)16-22(26)18-11-13-19(14-12-18)23(3,4)5;/h6-14H,1,15-16H2,2-5H3;1H/q+1;/p-1. The van der Waals surface area contributed by atoms with Gasteiger partial charge in [-0.3, -0.25) is 4.79 Å². The number of rotatable bonds is 5. The number of ketones is 1. The molecule has 0 fully saturated rings. The molecule has 0 radical (unpaired) electrons. The zero-order chi connectivity index (χ0) is 18.9. The quantitative estimate of drug-likeness (QED) is 0.345. The fourth-order valence-corrected chi connectivity index (χ4v) is 3.37. The summed E-state index contributed by atoms with van der Waals surface area (Å²) in [5.74, 6) is 1.19. The Balaban J connectivity index is 0.00000261. The van der Waals surface area contributed by atoms with Crippen molar-refractivity contribution in [2.45, 2.75) is 46.2 Å². The second-order valence-electron chi connectivity index (χ2n) is 7.77. The molecule has 3 rings (SSSR count). The summed E-state index contributed by atoms with van der Waals surface area (Å²) in [5, 5.41) is 0. The molecule has 0 bridgehead atoms. The monoisotopic (exact) mass is 426 g/mol. The first kappa shape index (κ1) is 21.1. The number of aromatic nitrogens is 2. The van der Waals surface area contributed by atoms with Gasteiger partial charge in [0, 0.05) is 12.5 Å². The van der Waals surface area contributed by atoms with Crippen LogP contribution < -0.4 is 21.5 Å². The van der Waals surface area contributed by atoms with E-state index < -0.39 is 0 Å². The van der Waals surface area contributed by atoms with Gasteiger partial charge in [-0.2, -0.15) is 0 Å². The number of carbonyl (C=O) groups is 1. The first-order valence-corrected chi connectivity index (χ1v) is 9.05. The van der Waals surface area contributed by atoms with E-state index in [1.54, 1.807) is 0 Å². The van der Waals surface area contributed by atoms with Gasteiger partial charge >= 0.3 is 0 Å². The van der Waals surface area contributed by atoms with Gasteiger partial charge in [-0.15, -0.1) is 0 Å². The minimum absolute atomic E-state index is 0. The lowest BCUT2D eigenvalue weighted by atomic mass is 9.86. The number of carbonyl (C=O) groups excluding carboxylic acids is 1. The van der Waals surface area contributed by atoms with Crippen molar-refractivity contribution < 1.29 is 26.3 Å². The van der Waals surface area contributed by atoms with Gasteiger partial charge < -0.3 is 17.0 Å². The molecular formula is C23H27BrN2O. The number of fused-ring (bicyclic) bond motifs is 1. The van der Waals surface area contributed by atoms with Crippen molar-refractivity contribution >= 4 is 16.8 Å². The lowest BCUT2D eigenvalue weighted by molar-refractivity contribution is -0.664. The predicted octanol–water partition coefficient (Wildman–Crippen LogP) is 1.61. The van der Waals surface area contributed by atoms with Crippen LogP contribution in [0.5, 0.6) is 0 Å². The number of hydrogen-bond donors (Lipinski definition) is 0. The molecule has 0 aliphatic carbocycles. The molecule has 142 valence electrons. The molecule has 1 heterocycles. The Morgan fingerprint density at radius 1 is 1.11 bits per heavy atom. The van der Waals surface area contributed by atoms with Gasteiger partial charge in [0.2, 0.25) is 5.78 Å². The highest BCUT2D eigenvalue weighted by atomic mass is 79.9. The predicted molar refractivity (Wildman–Crippen MR) is 107 cm³/mol. The number of halogens is 1. The van der Waals surface area contributed by atoms with Gasteiger partial charge in [0.25, 0.3) is 5.82 Å². The minimum atomic E-state index is 0. The van der Waals surface area contributed by atoms with E-state index in [2.05, 4.69) is 67.7 Å². The van der Waals surface area contributed by atoms with Crippen molar-refractivity contribution in [3.63, 3.8) is 0 Å². The fraction of sp³-hybridized carbons (Fsp3) is 0.304. The summed E-state index contributed by atoms with van der Waals surface area (Å²) < 4.78 is 4.29. The van der Waals surface area contributed by atoms with Gasteiger partial charge in [0.15, 0.2) is 17.6 Å². The van der Waals surface area contributed by atoms with Crippen molar-refractivity contribution in [2.24, 2.45) is 0 Å². The number of benzene rings is 2. The highest BCUT2D eigenvalue weighted by molar-refractivity contribution is 5.95. The molecule has 0 N–H and O–H groups in total. The summed E-state index contributed by atoms with van der Waals surface area (Å²) in [6, 6.07) is 16.2. The Morgan fingerprint density at radius 2 is 1.74 bits per heavy atom. The van der Waals surface area contributed by atoms with Crippen LogP contribution in [0.4, 0.5) is 0 Å². The third kappa shape index (κ3) is 4.22. The normalized spacial score (nSPS) is 11.3. The Hall–Kier alpha value is -2.20. The number of imidazole rings is 1. The van der Waals surface area contributed by atoms with Crippen LogP contribution in [-0.4, -0.2) is 10.4 Å². The summed E-state index contributed by atoms with van der Waals surface area (Å²) >= 11 is 0. The van der Waals surface area contributed by atoms with E-state index in [9.17, 15) is 4.79 Å². The molecule has 0 aliphatic rings. The van der Waals surface area contributed by atoms with Gasteiger partial charge in [-0.25, -0.2) is 9.13 Å². The maximum Gasteiger partial charge on any atom is 0.254 e. The molecule has 3 aromatic rings. The molecule has 0 unspecified atom stereocenters. The molecule has 1 aromatic heterocycles. The summed E-state index contributed by atoms with van der Waals surface area (Å²) in [5.41, 5.74) is 4.28. The van der Waals surface area contributed by atoms with Crippen molar-refractivity contribution in [3.8, 4) is 0 Å². The smallest absolute Gasteiger partial charge is 0.254 e. The molecule has 4 heteroatoms. The van der Waals surface area contributed by atoms with Gasteiger partial charge in [-0.1, -0.05) is 69.8 Å². The molecule has 0 amide bonds. The highest BCUT2D eigenvalue weighted by Gasteiger charge is 2.23. The molecule has 0 saturated carbocycles. The van der Waals surface area contributed by atoms with Crippen LogP contribution in [0, 0.1) is 6.92 Å². The van der Waals surface area contributed by atoms with Crippen molar-refractivity contribution in [2.75, 3.05) is 0 Å². The average molecular weight is 427 g/mol. The largest absolute Gasteiger partial charge is 1.00 e. The van der Waals surface area contributed by atoms with E-state index in [1.165, 1.54) is 5.56 Å². The minimum Gasteiger partial charge on any atom is -1.00 e. The highest BCUT2D eigenvalue weighted by Crippen LogP contribution is 2.22. The van der Waals surface area contributed by atoms with Gasteiger partial charge in [0.05, 0.1) is 0 Å². The van der Waals surface area contributed by atoms with Crippen LogP contribution in [-0.2, 0) is 18.5 Å². The SMILES string of the molecule is C=CCn1c(C)[n+](CC(=O)c2ccc(C(C)(C)C)cc2)c2ccccc21.[Br-]. The van der Waals surface area contributed by atoms with E-state index in [0.717, 1.165) is 29.0 Å². The first-order valence-electron chi connectivity index (χ1n) is 9.05. The summed E-state index contributed by atoms with van der Waals surface area (Å²) in [6.45, 7) is 13.5. The van der Waals surface area contributed by atoms with E-state index >= 15 is 0 Å². The van der Waals surface area contributed by atoms with Crippen molar-refractivity contribution in [1.29, 1.82) is 0 Å². The van der Waals surface area contributed by atoms with Gasteiger partial charge in [0.1, 0.15) is 6.54 Å². The topological polar surface area (TPSA) is 25.9 Å². The van der Waals surface area contributed by atoms with Crippen LogP contribution in [0.3, 0.4) is 0 Å². The molecule has 0 spiro atoms. The Labute approximate surface area is 172 Å². The second-order valence-corrected chi connectivity index (χ2v) is 7.77. The summed E-state index contributed by atoms with van der Waals surface area (Å²) in [6.07, 6.45) is 1.89. The number of nitrogens with zero attached hydrogens (tertiary/aromatic N) is 2. The number of hydrogen-bond acceptors (Lipinski definition) is 1. The third-order valence-electron chi connectivity index (χ3n) is 4.93. The summed E-state index contributed by atoms with van der Waals surface area (Å²) in [4.78, 5) is 12.9. The molecular weight excluding hydrogens is 400 g/mol. The molecule has 27 heavy (non-hydrogen) atoms.